The van der Waals surface area contributed by atoms with Gasteiger partial charge >= 0.3 is 11.9 Å². The average Bonchev–Trinajstić information content (AvgIpc) is 3.13. The number of hydrogen-bond acceptors (Lipinski definition) is 6. The Hall–Kier alpha value is -1.66. The maximum absolute atomic E-state index is 12.5. The molecule has 1 heterocycles. The summed E-state index contributed by atoms with van der Waals surface area (Å²) in [6, 6.07) is 0. The molecule has 1 saturated heterocycles. The van der Waals surface area contributed by atoms with Gasteiger partial charge in [0.25, 0.3) is 0 Å². The molecule has 6 heteroatoms. The Morgan fingerprint density at radius 2 is 1.90 bits per heavy atom. The van der Waals surface area contributed by atoms with Crippen molar-refractivity contribution in [2.24, 2.45) is 28.6 Å². The van der Waals surface area contributed by atoms with Gasteiger partial charge in [-0.2, -0.15) is 0 Å². The van der Waals surface area contributed by atoms with Crippen molar-refractivity contribution in [3.05, 3.63) is 23.3 Å². The Morgan fingerprint density at radius 3 is 2.52 bits per heavy atom. The van der Waals surface area contributed by atoms with Crippen LogP contribution in [0, 0.1) is 28.6 Å². The summed E-state index contributed by atoms with van der Waals surface area (Å²) in [5.41, 5.74) is 1.52. The third-order valence-corrected chi connectivity index (χ3v) is 8.07. The Morgan fingerprint density at radius 1 is 1.17 bits per heavy atom. The molecule has 0 radical (unpaired) electrons. The predicted molar refractivity (Wildman–Crippen MR) is 105 cm³/mol. The highest BCUT2D eigenvalue weighted by molar-refractivity contribution is 5.87. The molecule has 0 amide bonds. The molecule has 0 N–H and O–H groups in total. The second-order valence-corrected chi connectivity index (χ2v) is 9.55. The van der Waals surface area contributed by atoms with Gasteiger partial charge in [0, 0.05) is 36.9 Å². The van der Waals surface area contributed by atoms with E-state index in [2.05, 4.69) is 19.9 Å². The van der Waals surface area contributed by atoms with Gasteiger partial charge in [-0.05, 0) is 56.1 Å². The zero-order chi connectivity index (χ0) is 21.1. The minimum Gasteiger partial charge on any atom is -0.454 e. The fourth-order valence-corrected chi connectivity index (χ4v) is 6.73. The number of allylic oxidation sites excluding steroid dienone is 1. The number of carbonyl (C=O) groups is 2. The summed E-state index contributed by atoms with van der Waals surface area (Å²) in [6.45, 7) is 9.61. The molecule has 29 heavy (non-hydrogen) atoms. The standard InChI is InChI=1S/C23H32O6/c1-7-12(2)19(25)28-17-10-15-20(26-6)29-21(27-13(3)24)14-8-9-18-22(4,5)16(17)11-23(14,15)18/h7,10,14,16-18,20-21H,8-9,11H2,1-6H3. The lowest BCUT2D eigenvalue weighted by atomic mass is 9.63. The third-order valence-electron chi connectivity index (χ3n) is 8.07. The second-order valence-electron chi connectivity index (χ2n) is 9.55. The number of rotatable bonds is 4. The molecule has 0 aromatic rings. The van der Waals surface area contributed by atoms with Crippen molar-refractivity contribution >= 4 is 11.9 Å². The average molecular weight is 405 g/mol. The van der Waals surface area contributed by atoms with Crippen molar-refractivity contribution in [3.8, 4) is 0 Å². The summed E-state index contributed by atoms with van der Waals surface area (Å²) < 4.78 is 23.4. The number of fused-ring (bicyclic) bond motifs is 1. The molecule has 3 fully saturated rings. The summed E-state index contributed by atoms with van der Waals surface area (Å²) in [7, 11) is 1.61. The zero-order valence-corrected chi connectivity index (χ0v) is 18.2. The van der Waals surface area contributed by atoms with Crippen LogP contribution in [-0.4, -0.2) is 37.7 Å². The van der Waals surface area contributed by atoms with E-state index in [1.54, 1.807) is 20.1 Å². The maximum Gasteiger partial charge on any atom is 0.333 e. The number of carbonyl (C=O) groups excluding carboxylic acids is 2. The molecule has 6 nitrogen and oxygen atoms in total. The van der Waals surface area contributed by atoms with Crippen molar-refractivity contribution in [1.82, 2.24) is 0 Å². The minimum absolute atomic E-state index is 0.0157. The number of esters is 2. The molecule has 0 aromatic carbocycles. The van der Waals surface area contributed by atoms with Crippen LogP contribution in [0.5, 0.6) is 0 Å². The molecule has 7 atom stereocenters. The first kappa shape index (κ1) is 20.6. The Bertz CT molecular complexity index is 780. The van der Waals surface area contributed by atoms with Gasteiger partial charge in [0.05, 0.1) is 0 Å². The smallest absolute Gasteiger partial charge is 0.333 e. The van der Waals surface area contributed by atoms with E-state index in [9.17, 15) is 9.59 Å². The molecule has 4 aliphatic rings. The molecule has 0 aromatic heterocycles. The summed E-state index contributed by atoms with van der Waals surface area (Å²) in [5.74, 6) is 0.101. The van der Waals surface area contributed by atoms with E-state index >= 15 is 0 Å². The Labute approximate surface area is 172 Å². The normalized spacial score (nSPS) is 42.1. The monoisotopic (exact) mass is 404 g/mol. The second kappa shape index (κ2) is 6.95. The molecule has 7 unspecified atom stereocenters. The SMILES string of the molecule is CC=C(C)C(=O)OC1C=C2C(OC)OC(OC(C)=O)C3CCC4C(C)(C)C1CC234. The van der Waals surface area contributed by atoms with Crippen LogP contribution in [0.15, 0.2) is 23.3 Å². The lowest BCUT2D eigenvalue weighted by Crippen LogP contribution is -2.53. The van der Waals surface area contributed by atoms with Crippen LogP contribution in [0.1, 0.15) is 53.9 Å². The van der Waals surface area contributed by atoms with Gasteiger partial charge < -0.3 is 18.9 Å². The predicted octanol–water partition coefficient (Wildman–Crippen LogP) is 3.76. The largest absolute Gasteiger partial charge is 0.454 e. The van der Waals surface area contributed by atoms with E-state index in [1.807, 2.05) is 6.92 Å². The van der Waals surface area contributed by atoms with Crippen LogP contribution in [0.2, 0.25) is 0 Å². The van der Waals surface area contributed by atoms with Crippen LogP contribution in [-0.2, 0) is 28.5 Å². The van der Waals surface area contributed by atoms with Gasteiger partial charge in [-0.1, -0.05) is 19.9 Å². The molecular weight excluding hydrogens is 372 g/mol. The first-order valence-corrected chi connectivity index (χ1v) is 10.6. The Balaban J connectivity index is 1.77. The van der Waals surface area contributed by atoms with Gasteiger partial charge in [0.1, 0.15) is 6.10 Å². The minimum atomic E-state index is -0.602. The Kier molecular flexibility index (Phi) is 4.94. The van der Waals surface area contributed by atoms with E-state index in [1.165, 1.54) is 6.92 Å². The van der Waals surface area contributed by atoms with Crippen molar-refractivity contribution in [2.45, 2.75) is 72.6 Å². The highest BCUT2D eigenvalue weighted by atomic mass is 16.8. The molecule has 160 valence electrons. The van der Waals surface area contributed by atoms with Crippen LogP contribution in [0.4, 0.5) is 0 Å². The van der Waals surface area contributed by atoms with E-state index in [0.29, 0.717) is 11.5 Å². The van der Waals surface area contributed by atoms with Crippen molar-refractivity contribution in [1.29, 1.82) is 0 Å². The van der Waals surface area contributed by atoms with Gasteiger partial charge in [0.2, 0.25) is 6.29 Å². The number of ether oxygens (including phenoxy) is 4. The van der Waals surface area contributed by atoms with Crippen LogP contribution in [0.3, 0.4) is 0 Å². The zero-order valence-electron chi connectivity index (χ0n) is 18.2. The lowest BCUT2D eigenvalue weighted by Gasteiger charge is -2.50. The number of methoxy groups -OCH3 is 1. The van der Waals surface area contributed by atoms with E-state index in [-0.39, 0.29) is 40.7 Å². The first-order valence-electron chi connectivity index (χ1n) is 10.6. The summed E-state index contributed by atoms with van der Waals surface area (Å²) in [4.78, 5) is 24.2. The van der Waals surface area contributed by atoms with Crippen molar-refractivity contribution in [3.63, 3.8) is 0 Å². The molecule has 2 saturated carbocycles. The summed E-state index contributed by atoms with van der Waals surface area (Å²) in [5, 5.41) is 0. The summed E-state index contributed by atoms with van der Waals surface area (Å²) >= 11 is 0. The molecule has 1 spiro atoms. The molecule has 1 aliphatic heterocycles. The van der Waals surface area contributed by atoms with Crippen LogP contribution in [0.25, 0.3) is 0 Å². The van der Waals surface area contributed by atoms with E-state index < -0.39 is 12.6 Å². The number of hydrogen-bond donors (Lipinski definition) is 0. The van der Waals surface area contributed by atoms with Crippen molar-refractivity contribution < 1.29 is 28.5 Å². The van der Waals surface area contributed by atoms with E-state index in [4.69, 9.17) is 18.9 Å². The third kappa shape index (κ3) is 2.82. The molecular formula is C23H32O6. The topological polar surface area (TPSA) is 71.1 Å². The van der Waals surface area contributed by atoms with Gasteiger partial charge in [-0.25, -0.2) is 4.79 Å². The highest BCUT2D eigenvalue weighted by Gasteiger charge is 2.72. The van der Waals surface area contributed by atoms with Gasteiger partial charge in [0.15, 0.2) is 6.29 Å². The van der Waals surface area contributed by atoms with Gasteiger partial charge in [-0.3, -0.25) is 4.79 Å². The fraction of sp³-hybridized carbons (Fsp3) is 0.739. The van der Waals surface area contributed by atoms with E-state index in [0.717, 1.165) is 24.8 Å². The highest BCUT2D eigenvalue weighted by Crippen LogP contribution is 2.74. The van der Waals surface area contributed by atoms with Crippen LogP contribution < -0.4 is 0 Å². The van der Waals surface area contributed by atoms with Gasteiger partial charge in [-0.15, -0.1) is 0 Å². The fourth-order valence-electron chi connectivity index (χ4n) is 6.73. The van der Waals surface area contributed by atoms with Crippen molar-refractivity contribution in [2.75, 3.05) is 7.11 Å². The van der Waals surface area contributed by atoms with Crippen LogP contribution >= 0.6 is 0 Å². The molecule has 3 aliphatic carbocycles. The maximum atomic E-state index is 12.5. The molecule has 2 bridgehead atoms. The quantitative estimate of drug-likeness (QED) is 0.404. The lowest BCUT2D eigenvalue weighted by molar-refractivity contribution is -0.274. The molecule has 4 rings (SSSR count). The first-order chi connectivity index (χ1) is 13.7. The summed E-state index contributed by atoms with van der Waals surface area (Å²) in [6.07, 6.45) is 5.23.